The molecule has 0 aliphatic heterocycles. The highest BCUT2D eigenvalue weighted by molar-refractivity contribution is 5.88. The van der Waals surface area contributed by atoms with Crippen LogP contribution in [0.5, 0.6) is 0 Å². The number of aliphatic hydroxyl groups excluding tert-OH is 2. The second-order valence-electron chi connectivity index (χ2n) is 3.52. The lowest BCUT2D eigenvalue weighted by atomic mass is 9.92. The van der Waals surface area contributed by atoms with Crippen LogP contribution in [-0.4, -0.2) is 47.6 Å². The van der Waals surface area contributed by atoms with Crippen molar-refractivity contribution in [3.8, 4) is 0 Å². The van der Waals surface area contributed by atoms with Gasteiger partial charge in [0.15, 0.2) is 0 Å². The quantitative estimate of drug-likeness (QED) is 0.600. The molecule has 0 unspecified atom stereocenters. The van der Waals surface area contributed by atoms with Crippen molar-refractivity contribution in [3.05, 3.63) is 11.6 Å². The molecular weight excluding hydrogens is 216 g/mol. The van der Waals surface area contributed by atoms with E-state index in [1.807, 2.05) is 0 Å². The van der Waals surface area contributed by atoms with Crippen LogP contribution in [0.15, 0.2) is 11.6 Å². The van der Waals surface area contributed by atoms with Gasteiger partial charge in [0.25, 0.3) is 0 Å². The first kappa shape index (κ1) is 12.7. The van der Waals surface area contributed by atoms with Gasteiger partial charge < -0.3 is 19.7 Å². The van der Waals surface area contributed by atoms with Gasteiger partial charge in [-0.05, 0) is 6.08 Å². The van der Waals surface area contributed by atoms with E-state index in [2.05, 4.69) is 4.74 Å². The monoisotopic (exact) mass is 230 g/mol. The van der Waals surface area contributed by atoms with Crippen molar-refractivity contribution in [1.29, 1.82) is 0 Å². The number of rotatable bonds is 2. The topological polar surface area (TPSA) is 93.1 Å². The zero-order valence-corrected chi connectivity index (χ0v) is 9.04. The lowest BCUT2D eigenvalue weighted by Gasteiger charge is -2.29. The number of hydrogen-bond acceptors (Lipinski definition) is 6. The van der Waals surface area contributed by atoms with Crippen LogP contribution in [0.1, 0.15) is 13.3 Å². The van der Waals surface area contributed by atoms with Crippen LogP contribution >= 0.6 is 0 Å². The number of carbonyl (C=O) groups is 2. The van der Waals surface area contributed by atoms with Gasteiger partial charge in [0.2, 0.25) is 0 Å². The normalized spacial score (nSPS) is 29.2. The molecule has 6 nitrogen and oxygen atoms in total. The van der Waals surface area contributed by atoms with Crippen molar-refractivity contribution >= 4 is 11.9 Å². The Labute approximate surface area is 92.5 Å². The number of esters is 2. The zero-order valence-electron chi connectivity index (χ0n) is 9.04. The third-order valence-corrected chi connectivity index (χ3v) is 2.29. The van der Waals surface area contributed by atoms with Crippen molar-refractivity contribution in [1.82, 2.24) is 0 Å². The zero-order chi connectivity index (χ0) is 12.3. The van der Waals surface area contributed by atoms with Crippen molar-refractivity contribution < 1.29 is 29.3 Å². The molecule has 0 radical (unpaired) electrons. The van der Waals surface area contributed by atoms with Crippen LogP contribution in [0.4, 0.5) is 0 Å². The Morgan fingerprint density at radius 2 is 2.06 bits per heavy atom. The molecule has 90 valence electrons. The summed E-state index contributed by atoms with van der Waals surface area (Å²) in [5.41, 5.74) is 0.187. The van der Waals surface area contributed by atoms with Crippen molar-refractivity contribution in [3.63, 3.8) is 0 Å². The summed E-state index contributed by atoms with van der Waals surface area (Å²) in [7, 11) is 1.21. The minimum atomic E-state index is -1.24. The Morgan fingerprint density at radius 1 is 1.44 bits per heavy atom. The molecule has 0 bridgehead atoms. The summed E-state index contributed by atoms with van der Waals surface area (Å²) in [6.07, 6.45) is -2.16. The molecule has 0 heterocycles. The largest absolute Gasteiger partial charge is 0.466 e. The Bertz CT molecular complexity index is 321. The van der Waals surface area contributed by atoms with Gasteiger partial charge in [0, 0.05) is 18.9 Å². The fraction of sp³-hybridized carbons (Fsp3) is 0.600. The molecule has 0 fully saturated rings. The van der Waals surface area contributed by atoms with Crippen molar-refractivity contribution in [2.45, 2.75) is 31.7 Å². The molecule has 0 aromatic carbocycles. The summed E-state index contributed by atoms with van der Waals surface area (Å²) < 4.78 is 9.29. The summed E-state index contributed by atoms with van der Waals surface area (Å²) in [6, 6.07) is 0. The maximum atomic E-state index is 11.2. The fourth-order valence-corrected chi connectivity index (χ4v) is 1.54. The molecule has 2 N–H and O–H groups in total. The van der Waals surface area contributed by atoms with Gasteiger partial charge in [-0.3, -0.25) is 4.79 Å². The third kappa shape index (κ3) is 2.80. The summed E-state index contributed by atoms with van der Waals surface area (Å²) >= 11 is 0. The lowest BCUT2D eigenvalue weighted by Crippen LogP contribution is -2.43. The molecule has 0 amide bonds. The molecule has 0 aromatic heterocycles. The van der Waals surface area contributed by atoms with E-state index in [0.717, 1.165) is 0 Å². The predicted molar refractivity (Wildman–Crippen MR) is 52.3 cm³/mol. The number of aliphatic hydroxyl groups is 2. The standard InChI is InChI=1S/C10H14O6/c1-5(11)16-8-4-6(10(14)15-2)3-7(12)9(8)13/h3,7-9,12-13H,4H2,1-2H3/t7-,8-,9-/m1/s1. The van der Waals surface area contributed by atoms with Gasteiger partial charge in [0.1, 0.15) is 18.3 Å². The first-order valence-corrected chi connectivity index (χ1v) is 4.78. The van der Waals surface area contributed by atoms with Gasteiger partial charge in [-0.25, -0.2) is 4.79 Å². The Morgan fingerprint density at radius 3 is 2.56 bits per heavy atom. The van der Waals surface area contributed by atoms with Crippen LogP contribution in [0.2, 0.25) is 0 Å². The Hall–Kier alpha value is -1.40. The minimum Gasteiger partial charge on any atom is -0.466 e. The van der Waals surface area contributed by atoms with Crippen LogP contribution in [0, 0.1) is 0 Å². The first-order valence-electron chi connectivity index (χ1n) is 4.78. The van der Waals surface area contributed by atoms with Crippen molar-refractivity contribution in [2.24, 2.45) is 0 Å². The summed E-state index contributed by atoms with van der Waals surface area (Å²) in [5.74, 6) is -1.19. The number of carbonyl (C=O) groups excluding carboxylic acids is 2. The molecule has 0 spiro atoms. The van der Waals surface area contributed by atoms with E-state index in [1.54, 1.807) is 0 Å². The molecule has 6 heteroatoms. The van der Waals surface area contributed by atoms with E-state index >= 15 is 0 Å². The number of ether oxygens (including phenoxy) is 2. The maximum Gasteiger partial charge on any atom is 0.333 e. The molecule has 0 aromatic rings. The van der Waals surface area contributed by atoms with Crippen LogP contribution in [0.25, 0.3) is 0 Å². The molecule has 0 saturated carbocycles. The number of methoxy groups -OCH3 is 1. The van der Waals surface area contributed by atoms with Gasteiger partial charge >= 0.3 is 11.9 Å². The minimum absolute atomic E-state index is 0.0322. The summed E-state index contributed by atoms with van der Waals surface area (Å²) in [4.78, 5) is 22.0. The highest BCUT2D eigenvalue weighted by Crippen LogP contribution is 2.23. The summed E-state index contributed by atoms with van der Waals surface area (Å²) in [5, 5.41) is 19.0. The fourth-order valence-electron chi connectivity index (χ4n) is 1.54. The summed E-state index contributed by atoms with van der Waals surface area (Å²) in [6.45, 7) is 1.19. The van der Waals surface area contributed by atoms with E-state index < -0.39 is 30.3 Å². The number of hydrogen-bond donors (Lipinski definition) is 2. The highest BCUT2D eigenvalue weighted by atomic mass is 16.6. The van der Waals surface area contributed by atoms with E-state index in [9.17, 15) is 19.8 Å². The average molecular weight is 230 g/mol. The highest BCUT2D eigenvalue weighted by Gasteiger charge is 2.35. The average Bonchev–Trinajstić information content (AvgIpc) is 2.22. The second kappa shape index (κ2) is 5.09. The second-order valence-corrected chi connectivity index (χ2v) is 3.52. The van der Waals surface area contributed by atoms with E-state index in [0.29, 0.717) is 0 Å². The molecular formula is C10H14O6. The first-order chi connectivity index (χ1) is 7.45. The third-order valence-electron chi connectivity index (χ3n) is 2.29. The van der Waals surface area contributed by atoms with E-state index in [-0.39, 0.29) is 12.0 Å². The lowest BCUT2D eigenvalue weighted by molar-refractivity contribution is -0.158. The van der Waals surface area contributed by atoms with Gasteiger partial charge in [0.05, 0.1) is 7.11 Å². The molecule has 1 rings (SSSR count). The van der Waals surface area contributed by atoms with Crippen molar-refractivity contribution in [2.75, 3.05) is 7.11 Å². The molecule has 1 aliphatic rings. The van der Waals surface area contributed by atoms with Gasteiger partial charge in [-0.15, -0.1) is 0 Å². The Balaban J connectivity index is 2.81. The molecule has 1 aliphatic carbocycles. The molecule has 16 heavy (non-hydrogen) atoms. The van der Waals surface area contributed by atoms with E-state index in [1.165, 1.54) is 20.1 Å². The van der Waals surface area contributed by atoms with Gasteiger partial charge in [-0.2, -0.15) is 0 Å². The maximum absolute atomic E-state index is 11.2. The van der Waals surface area contributed by atoms with Gasteiger partial charge in [-0.1, -0.05) is 0 Å². The van der Waals surface area contributed by atoms with Crippen LogP contribution in [0.3, 0.4) is 0 Å². The van der Waals surface area contributed by atoms with Crippen LogP contribution < -0.4 is 0 Å². The Kier molecular flexibility index (Phi) is 4.03. The smallest absolute Gasteiger partial charge is 0.333 e. The molecule has 0 saturated heterocycles. The van der Waals surface area contributed by atoms with Crippen LogP contribution in [-0.2, 0) is 19.1 Å². The SMILES string of the molecule is COC(=O)C1=C[C@@H](O)[C@@H](O)[C@H](OC(C)=O)C1. The van der Waals surface area contributed by atoms with E-state index in [4.69, 9.17) is 4.74 Å². The predicted octanol–water partition coefficient (Wildman–Crippen LogP) is -0.857. The molecule has 3 atom stereocenters.